The van der Waals surface area contributed by atoms with Gasteiger partial charge in [0, 0.05) is 63.1 Å². The third-order valence-corrected chi connectivity index (χ3v) is 6.97. The first-order valence-electron chi connectivity index (χ1n) is 12.6. The van der Waals surface area contributed by atoms with Crippen molar-refractivity contribution >= 4 is 22.5 Å². The maximum absolute atomic E-state index is 13.5. The van der Waals surface area contributed by atoms with Crippen LogP contribution in [0.3, 0.4) is 0 Å². The Labute approximate surface area is 207 Å². The van der Waals surface area contributed by atoms with Gasteiger partial charge in [0.05, 0.1) is 0 Å². The number of carbonyl (C=O) groups is 1. The summed E-state index contributed by atoms with van der Waals surface area (Å²) in [5, 5.41) is 11.0. The Hall–Kier alpha value is -3.23. The van der Waals surface area contributed by atoms with Gasteiger partial charge in [-0.25, -0.2) is 0 Å². The SMILES string of the molecule is CN1CCCN(c2nnc(C(=O)N3CCN(CCOc4ccccc4)CC3)c3ccccc23)CC1. The normalized spacial score (nSPS) is 18.0. The molecule has 2 saturated heterocycles. The maximum atomic E-state index is 13.5. The predicted molar refractivity (Wildman–Crippen MR) is 138 cm³/mol. The van der Waals surface area contributed by atoms with Gasteiger partial charge in [-0.1, -0.05) is 42.5 Å². The van der Waals surface area contributed by atoms with Gasteiger partial charge in [0.2, 0.25) is 0 Å². The number of ether oxygens (including phenoxy) is 1. The lowest BCUT2D eigenvalue weighted by molar-refractivity contribution is 0.0615. The number of aromatic nitrogens is 2. The molecule has 1 aromatic heterocycles. The summed E-state index contributed by atoms with van der Waals surface area (Å²) in [4.78, 5) is 22.4. The second-order valence-electron chi connectivity index (χ2n) is 9.36. The number of likely N-dealkylation sites (N-methyl/N-ethyl adjacent to an activating group) is 1. The van der Waals surface area contributed by atoms with Gasteiger partial charge in [0.25, 0.3) is 5.91 Å². The Kier molecular flexibility index (Phi) is 7.39. The molecular weight excluding hydrogens is 440 g/mol. The fourth-order valence-corrected chi connectivity index (χ4v) is 4.87. The summed E-state index contributed by atoms with van der Waals surface area (Å²) in [6, 6.07) is 17.9. The van der Waals surface area contributed by atoms with Gasteiger partial charge in [0.1, 0.15) is 12.4 Å². The monoisotopic (exact) mass is 474 g/mol. The molecule has 0 unspecified atom stereocenters. The second-order valence-corrected chi connectivity index (χ2v) is 9.36. The van der Waals surface area contributed by atoms with Crippen LogP contribution in [-0.4, -0.2) is 103 Å². The molecule has 3 aromatic rings. The average molecular weight is 475 g/mol. The lowest BCUT2D eigenvalue weighted by Crippen LogP contribution is -2.49. The second kappa shape index (κ2) is 11.0. The van der Waals surface area contributed by atoms with Crippen molar-refractivity contribution in [1.82, 2.24) is 24.9 Å². The Morgan fingerprint density at radius 1 is 0.829 bits per heavy atom. The number of rotatable bonds is 6. The minimum absolute atomic E-state index is 0.0314. The largest absolute Gasteiger partial charge is 0.492 e. The lowest BCUT2D eigenvalue weighted by atomic mass is 10.1. The van der Waals surface area contributed by atoms with Crippen LogP contribution >= 0.6 is 0 Å². The van der Waals surface area contributed by atoms with Crippen molar-refractivity contribution in [2.45, 2.75) is 6.42 Å². The minimum Gasteiger partial charge on any atom is -0.492 e. The van der Waals surface area contributed by atoms with E-state index in [2.05, 4.69) is 38.0 Å². The Morgan fingerprint density at radius 2 is 1.57 bits per heavy atom. The topological polar surface area (TPSA) is 65.0 Å². The van der Waals surface area contributed by atoms with Crippen molar-refractivity contribution in [2.75, 3.05) is 77.5 Å². The molecule has 2 aliphatic heterocycles. The number of hydrogen-bond donors (Lipinski definition) is 0. The molecule has 0 saturated carbocycles. The van der Waals surface area contributed by atoms with Gasteiger partial charge >= 0.3 is 0 Å². The summed E-state index contributed by atoms with van der Waals surface area (Å²) in [7, 11) is 2.16. The van der Waals surface area contributed by atoms with Crippen molar-refractivity contribution in [3.63, 3.8) is 0 Å². The van der Waals surface area contributed by atoms with Gasteiger partial charge in [0.15, 0.2) is 11.5 Å². The number of nitrogens with zero attached hydrogens (tertiary/aromatic N) is 6. The highest BCUT2D eigenvalue weighted by atomic mass is 16.5. The van der Waals surface area contributed by atoms with Crippen LogP contribution in [0.25, 0.3) is 10.8 Å². The molecule has 0 spiro atoms. The zero-order valence-corrected chi connectivity index (χ0v) is 20.5. The summed E-state index contributed by atoms with van der Waals surface area (Å²) in [5.74, 6) is 1.74. The van der Waals surface area contributed by atoms with Crippen LogP contribution in [0.5, 0.6) is 5.75 Å². The molecule has 0 aliphatic carbocycles. The smallest absolute Gasteiger partial charge is 0.275 e. The third-order valence-electron chi connectivity index (χ3n) is 6.97. The fraction of sp³-hybridized carbons (Fsp3) is 0.444. The molecule has 1 amide bonds. The molecule has 3 heterocycles. The van der Waals surface area contributed by atoms with E-state index in [0.29, 0.717) is 25.4 Å². The van der Waals surface area contributed by atoms with Gasteiger partial charge < -0.3 is 19.4 Å². The Morgan fingerprint density at radius 3 is 2.37 bits per heavy atom. The molecule has 8 nitrogen and oxygen atoms in total. The minimum atomic E-state index is -0.0314. The van der Waals surface area contributed by atoms with E-state index in [4.69, 9.17) is 4.74 Å². The van der Waals surface area contributed by atoms with E-state index in [1.807, 2.05) is 53.4 Å². The molecule has 2 aliphatic rings. The van der Waals surface area contributed by atoms with Crippen LogP contribution in [0.15, 0.2) is 54.6 Å². The number of anilines is 1. The van der Waals surface area contributed by atoms with Gasteiger partial charge in [-0.2, -0.15) is 0 Å². The third kappa shape index (κ3) is 5.55. The number of carbonyl (C=O) groups excluding carboxylic acids is 1. The number of fused-ring (bicyclic) bond motifs is 1. The van der Waals surface area contributed by atoms with Crippen LogP contribution < -0.4 is 9.64 Å². The van der Waals surface area contributed by atoms with Crippen LogP contribution in [0.2, 0.25) is 0 Å². The fourth-order valence-electron chi connectivity index (χ4n) is 4.87. The molecule has 8 heteroatoms. The first kappa shape index (κ1) is 23.5. The van der Waals surface area contributed by atoms with Crippen molar-refractivity contribution in [2.24, 2.45) is 0 Å². The van der Waals surface area contributed by atoms with E-state index in [1.165, 1.54) is 0 Å². The highest BCUT2D eigenvalue weighted by Gasteiger charge is 2.26. The zero-order chi connectivity index (χ0) is 24.0. The number of para-hydroxylation sites is 1. The van der Waals surface area contributed by atoms with Crippen LogP contribution in [0.4, 0.5) is 5.82 Å². The summed E-state index contributed by atoms with van der Waals surface area (Å²) >= 11 is 0. The van der Waals surface area contributed by atoms with E-state index in [-0.39, 0.29) is 5.91 Å². The predicted octanol–water partition coefficient (Wildman–Crippen LogP) is 2.61. The van der Waals surface area contributed by atoms with Crippen molar-refractivity contribution < 1.29 is 9.53 Å². The summed E-state index contributed by atoms with van der Waals surface area (Å²) in [5.41, 5.74) is 0.456. The quantitative estimate of drug-likeness (QED) is 0.544. The molecule has 0 N–H and O–H groups in total. The van der Waals surface area contributed by atoms with Gasteiger partial charge in [-0.05, 0) is 32.1 Å². The highest BCUT2D eigenvalue weighted by Crippen LogP contribution is 2.27. The zero-order valence-electron chi connectivity index (χ0n) is 20.5. The lowest BCUT2D eigenvalue weighted by Gasteiger charge is -2.34. The summed E-state index contributed by atoms with van der Waals surface area (Å²) < 4.78 is 5.83. The Bertz CT molecular complexity index is 1130. The maximum Gasteiger partial charge on any atom is 0.275 e. The van der Waals surface area contributed by atoms with E-state index in [9.17, 15) is 4.79 Å². The molecule has 2 fully saturated rings. The van der Waals surface area contributed by atoms with E-state index in [1.54, 1.807) is 0 Å². The molecule has 0 bridgehead atoms. The molecule has 5 rings (SSSR count). The van der Waals surface area contributed by atoms with Crippen LogP contribution in [0.1, 0.15) is 16.9 Å². The van der Waals surface area contributed by atoms with Crippen LogP contribution in [0, 0.1) is 0 Å². The number of benzene rings is 2. The first-order valence-corrected chi connectivity index (χ1v) is 12.6. The van der Waals surface area contributed by atoms with Crippen molar-refractivity contribution in [3.05, 3.63) is 60.3 Å². The standard InChI is InChI=1S/C27H34N6O2/c1-30-12-7-13-32(17-14-30)26-24-11-6-5-10-23(24)25(28-29-26)27(34)33-18-15-31(16-19-33)20-21-35-22-8-3-2-4-9-22/h2-6,8-11H,7,12-21H2,1H3. The molecule has 2 aromatic carbocycles. The van der Waals surface area contributed by atoms with E-state index >= 15 is 0 Å². The van der Waals surface area contributed by atoms with Crippen molar-refractivity contribution in [3.8, 4) is 5.75 Å². The molecule has 0 radical (unpaired) electrons. The first-order chi connectivity index (χ1) is 17.2. The number of piperazine rings is 1. The van der Waals surface area contributed by atoms with Gasteiger partial charge in [-0.15, -0.1) is 10.2 Å². The molecule has 35 heavy (non-hydrogen) atoms. The van der Waals surface area contributed by atoms with Crippen molar-refractivity contribution in [1.29, 1.82) is 0 Å². The van der Waals surface area contributed by atoms with E-state index < -0.39 is 0 Å². The highest BCUT2D eigenvalue weighted by molar-refractivity contribution is 6.07. The number of hydrogen-bond acceptors (Lipinski definition) is 7. The molecule has 184 valence electrons. The van der Waals surface area contributed by atoms with Gasteiger partial charge in [-0.3, -0.25) is 9.69 Å². The molecular formula is C27H34N6O2. The summed E-state index contributed by atoms with van der Waals surface area (Å²) in [6.45, 7) is 8.45. The molecule has 0 atom stereocenters. The van der Waals surface area contributed by atoms with Crippen LogP contribution in [-0.2, 0) is 0 Å². The average Bonchev–Trinajstić information content (AvgIpc) is 3.13. The summed E-state index contributed by atoms with van der Waals surface area (Å²) in [6.07, 6.45) is 1.09. The van der Waals surface area contributed by atoms with E-state index in [0.717, 1.165) is 74.6 Å². The number of amides is 1. The Balaban J connectivity index is 1.23.